The summed E-state index contributed by atoms with van der Waals surface area (Å²) in [6.45, 7) is 0. The monoisotopic (exact) mass is 221 g/mol. The first kappa shape index (κ1) is 10.7. The van der Waals surface area contributed by atoms with Gasteiger partial charge in [-0.25, -0.2) is 4.98 Å². The summed E-state index contributed by atoms with van der Waals surface area (Å²) in [6.07, 6.45) is 1.51. The predicted molar refractivity (Wildman–Crippen MR) is 60.2 cm³/mol. The van der Waals surface area contributed by atoms with E-state index in [1.54, 1.807) is 36.4 Å². The van der Waals surface area contributed by atoms with Crippen molar-refractivity contribution in [3.05, 3.63) is 53.9 Å². The first-order valence-electron chi connectivity index (χ1n) is 4.86. The molecule has 0 unspecified atom stereocenters. The number of benzene rings is 1. The molecule has 0 aliphatic heterocycles. The molecule has 4 heteroatoms. The van der Waals surface area contributed by atoms with Gasteiger partial charge >= 0.3 is 0 Å². The van der Waals surface area contributed by atoms with Crippen LogP contribution in [0.3, 0.4) is 0 Å². The zero-order valence-corrected chi connectivity index (χ0v) is 8.79. The Bertz CT molecular complexity index is 606. The summed E-state index contributed by atoms with van der Waals surface area (Å²) in [5, 5.41) is 17.3. The molecule has 0 fully saturated rings. The van der Waals surface area contributed by atoms with Crippen LogP contribution in [0.1, 0.15) is 11.3 Å². The Labute approximate surface area is 98.3 Å². The maximum absolute atomic E-state index is 8.69. The zero-order chi connectivity index (χ0) is 12.1. The first-order chi connectivity index (χ1) is 8.31. The predicted octanol–water partition coefficient (Wildman–Crippen LogP) is 2.62. The van der Waals surface area contributed by atoms with Crippen LogP contribution in [0, 0.1) is 22.7 Å². The van der Waals surface area contributed by atoms with Crippen LogP contribution in [0.15, 0.2) is 42.6 Å². The highest BCUT2D eigenvalue weighted by Gasteiger charge is 1.99. The molecule has 0 bridgehead atoms. The molecule has 0 radical (unpaired) electrons. The van der Waals surface area contributed by atoms with Crippen molar-refractivity contribution >= 4 is 0 Å². The van der Waals surface area contributed by atoms with Gasteiger partial charge < -0.3 is 4.74 Å². The molecule has 0 saturated carbocycles. The summed E-state index contributed by atoms with van der Waals surface area (Å²) >= 11 is 0. The fraction of sp³-hybridized carbons (Fsp3) is 0. The lowest BCUT2D eigenvalue weighted by Gasteiger charge is -2.04. The Morgan fingerprint density at radius 3 is 2.35 bits per heavy atom. The van der Waals surface area contributed by atoms with Crippen LogP contribution < -0.4 is 4.74 Å². The number of nitrogens with zero attached hydrogens (tertiary/aromatic N) is 3. The number of rotatable bonds is 2. The molecule has 17 heavy (non-hydrogen) atoms. The Morgan fingerprint density at radius 2 is 1.71 bits per heavy atom. The molecule has 0 saturated heterocycles. The summed E-state index contributed by atoms with van der Waals surface area (Å²) in [5.74, 6) is 1.15. The number of nitriles is 2. The van der Waals surface area contributed by atoms with E-state index in [9.17, 15) is 0 Å². The molecular formula is C13H7N3O. The molecule has 1 heterocycles. The quantitative estimate of drug-likeness (QED) is 0.781. The standard InChI is InChI=1S/C13H7N3O/c14-8-10-1-3-12(4-2-10)17-13-5-6-16-11(7-13)9-15/h1-7H. The molecule has 1 aromatic heterocycles. The Balaban J connectivity index is 2.20. The molecule has 0 amide bonds. The van der Waals surface area contributed by atoms with Gasteiger partial charge in [0.1, 0.15) is 23.3 Å². The summed E-state index contributed by atoms with van der Waals surface area (Å²) in [4.78, 5) is 3.84. The third kappa shape index (κ3) is 2.58. The topological polar surface area (TPSA) is 69.7 Å². The molecule has 0 N–H and O–H groups in total. The third-order valence-corrected chi connectivity index (χ3v) is 2.07. The molecule has 0 aliphatic rings. The van der Waals surface area contributed by atoms with E-state index >= 15 is 0 Å². The van der Waals surface area contributed by atoms with E-state index in [2.05, 4.69) is 4.98 Å². The highest BCUT2D eigenvalue weighted by atomic mass is 16.5. The molecule has 2 aromatic rings. The van der Waals surface area contributed by atoms with Crippen molar-refractivity contribution in [1.29, 1.82) is 10.5 Å². The van der Waals surface area contributed by atoms with Crippen molar-refractivity contribution < 1.29 is 4.74 Å². The van der Waals surface area contributed by atoms with Crippen molar-refractivity contribution in [2.45, 2.75) is 0 Å². The van der Waals surface area contributed by atoms with Crippen LogP contribution >= 0.6 is 0 Å². The van der Waals surface area contributed by atoms with Crippen molar-refractivity contribution in [3.8, 4) is 23.6 Å². The largest absolute Gasteiger partial charge is 0.457 e. The van der Waals surface area contributed by atoms with E-state index < -0.39 is 0 Å². The van der Waals surface area contributed by atoms with Gasteiger partial charge in [0, 0.05) is 12.3 Å². The third-order valence-electron chi connectivity index (χ3n) is 2.07. The van der Waals surface area contributed by atoms with Crippen molar-refractivity contribution in [2.75, 3.05) is 0 Å². The molecule has 2 rings (SSSR count). The molecule has 80 valence electrons. The lowest BCUT2D eigenvalue weighted by Crippen LogP contribution is -1.87. The molecule has 0 aliphatic carbocycles. The number of hydrogen-bond acceptors (Lipinski definition) is 4. The molecular weight excluding hydrogens is 214 g/mol. The summed E-state index contributed by atoms with van der Waals surface area (Å²) < 4.78 is 5.52. The minimum Gasteiger partial charge on any atom is -0.457 e. The highest BCUT2D eigenvalue weighted by Crippen LogP contribution is 2.21. The summed E-state index contributed by atoms with van der Waals surface area (Å²) in [5.41, 5.74) is 0.876. The fourth-order valence-corrected chi connectivity index (χ4v) is 1.27. The SMILES string of the molecule is N#Cc1ccc(Oc2ccnc(C#N)c2)cc1. The van der Waals surface area contributed by atoms with Gasteiger partial charge in [-0.15, -0.1) is 0 Å². The van der Waals surface area contributed by atoms with Crippen molar-refractivity contribution in [3.63, 3.8) is 0 Å². The Morgan fingerprint density at radius 1 is 0.941 bits per heavy atom. The molecule has 0 atom stereocenters. The minimum atomic E-state index is 0.302. The van der Waals surface area contributed by atoms with Crippen LogP contribution in [0.2, 0.25) is 0 Å². The zero-order valence-electron chi connectivity index (χ0n) is 8.79. The number of pyridine rings is 1. The normalized spacial score (nSPS) is 9.06. The van der Waals surface area contributed by atoms with Crippen molar-refractivity contribution in [1.82, 2.24) is 4.98 Å². The second kappa shape index (κ2) is 4.78. The van der Waals surface area contributed by atoms with Crippen LogP contribution in [0.25, 0.3) is 0 Å². The van der Waals surface area contributed by atoms with Gasteiger partial charge in [0.05, 0.1) is 11.6 Å². The van der Waals surface area contributed by atoms with E-state index in [-0.39, 0.29) is 0 Å². The van der Waals surface area contributed by atoms with E-state index in [1.165, 1.54) is 6.20 Å². The number of aromatic nitrogens is 1. The van der Waals surface area contributed by atoms with E-state index in [4.69, 9.17) is 15.3 Å². The van der Waals surface area contributed by atoms with Crippen molar-refractivity contribution in [2.24, 2.45) is 0 Å². The average molecular weight is 221 g/mol. The van der Waals surface area contributed by atoms with E-state index in [0.29, 0.717) is 22.8 Å². The minimum absolute atomic E-state index is 0.302. The van der Waals surface area contributed by atoms with Crippen LogP contribution in [-0.4, -0.2) is 4.98 Å². The second-order valence-corrected chi connectivity index (χ2v) is 3.23. The van der Waals surface area contributed by atoms with E-state index in [1.807, 2.05) is 12.1 Å². The Hall–Kier alpha value is -2.85. The maximum Gasteiger partial charge on any atom is 0.144 e. The lowest BCUT2D eigenvalue weighted by molar-refractivity contribution is 0.481. The number of ether oxygens (including phenoxy) is 1. The van der Waals surface area contributed by atoms with Gasteiger partial charge in [0.15, 0.2) is 0 Å². The average Bonchev–Trinajstić information content (AvgIpc) is 2.40. The number of hydrogen-bond donors (Lipinski definition) is 0. The van der Waals surface area contributed by atoms with E-state index in [0.717, 1.165) is 0 Å². The van der Waals surface area contributed by atoms with Gasteiger partial charge in [-0.3, -0.25) is 0 Å². The highest BCUT2D eigenvalue weighted by molar-refractivity contribution is 5.38. The smallest absolute Gasteiger partial charge is 0.144 e. The maximum atomic E-state index is 8.69. The van der Waals surface area contributed by atoms with Gasteiger partial charge in [-0.05, 0) is 30.3 Å². The molecule has 4 nitrogen and oxygen atoms in total. The summed E-state index contributed by atoms with van der Waals surface area (Å²) in [7, 11) is 0. The first-order valence-corrected chi connectivity index (χ1v) is 4.86. The van der Waals surface area contributed by atoms with Crippen LogP contribution in [0.5, 0.6) is 11.5 Å². The lowest BCUT2D eigenvalue weighted by atomic mass is 10.2. The van der Waals surface area contributed by atoms with Crippen LogP contribution in [-0.2, 0) is 0 Å². The van der Waals surface area contributed by atoms with Crippen LogP contribution in [0.4, 0.5) is 0 Å². The molecule has 1 aromatic carbocycles. The molecule has 0 spiro atoms. The van der Waals surface area contributed by atoms with Gasteiger partial charge in [-0.2, -0.15) is 10.5 Å². The van der Waals surface area contributed by atoms with Gasteiger partial charge in [-0.1, -0.05) is 0 Å². The van der Waals surface area contributed by atoms with Gasteiger partial charge in [0.2, 0.25) is 0 Å². The van der Waals surface area contributed by atoms with Gasteiger partial charge in [0.25, 0.3) is 0 Å². The summed E-state index contributed by atoms with van der Waals surface area (Å²) in [6, 6.07) is 13.9. The fourth-order valence-electron chi connectivity index (χ4n) is 1.27. The Kier molecular flexibility index (Phi) is 3.00. The second-order valence-electron chi connectivity index (χ2n) is 3.23.